The van der Waals surface area contributed by atoms with Crippen LogP contribution in [0.25, 0.3) is 5.69 Å². The van der Waals surface area contributed by atoms with Gasteiger partial charge in [0.1, 0.15) is 17.3 Å². The highest BCUT2D eigenvalue weighted by molar-refractivity contribution is 6.05. The molecule has 0 radical (unpaired) electrons. The zero-order chi connectivity index (χ0) is 21.8. The van der Waals surface area contributed by atoms with Crippen LogP contribution in [0.4, 0.5) is 14.5 Å². The monoisotopic (exact) mass is 413 g/mol. The molecule has 0 bridgehead atoms. The molecule has 30 heavy (non-hydrogen) atoms. The number of rotatable bonds is 5. The van der Waals surface area contributed by atoms with Crippen molar-refractivity contribution >= 4 is 17.5 Å². The summed E-state index contributed by atoms with van der Waals surface area (Å²) in [5.41, 5.74) is 2.15. The summed E-state index contributed by atoms with van der Waals surface area (Å²) < 4.78 is 28.9. The molecule has 0 fully saturated rings. The molecule has 154 valence electrons. The predicted octanol–water partition coefficient (Wildman–Crippen LogP) is 2.97. The van der Waals surface area contributed by atoms with Crippen molar-refractivity contribution in [3.8, 4) is 5.69 Å². The Morgan fingerprint density at radius 3 is 2.30 bits per heavy atom. The number of nitrogens with zero attached hydrogens (tertiary/aromatic N) is 1. The van der Waals surface area contributed by atoms with Crippen molar-refractivity contribution in [3.63, 3.8) is 0 Å². The molecule has 0 saturated carbocycles. The van der Waals surface area contributed by atoms with E-state index in [9.17, 15) is 23.2 Å². The molecule has 2 N–H and O–H groups in total. The zero-order valence-corrected chi connectivity index (χ0v) is 16.0. The third-order valence-corrected chi connectivity index (χ3v) is 4.29. The number of hydroxylamine groups is 1. The summed E-state index contributed by atoms with van der Waals surface area (Å²) in [5.74, 6) is -3.02. The highest BCUT2D eigenvalue weighted by atomic mass is 19.1. The van der Waals surface area contributed by atoms with E-state index in [1.54, 1.807) is 19.1 Å². The number of benzene rings is 2. The zero-order valence-electron chi connectivity index (χ0n) is 16.0. The van der Waals surface area contributed by atoms with Gasteiger partial charge in [0.25, 0.3) is 17.4 Å². The van der Waals surface area contributed by atoms with Crippen LogP contribution in [-0.2, 0) is 4.84 Å². The van der Waals surface area contributed by atoms with E-state index in [2.05, 4.69) is 15.6 Å². The Morgan fingerprint density at radius 2 is 1.63 bits per heavy atom. The maximum atomic E-state index is 14.1. The van der Waals surface area contributed by atoms with Crippen molar-refractivity contribution in [2.75, 3.05) is 12.4 Å². The number of hydrogen-bond acceptors (Lipinski definition) is 4. The average Bonchev–Trinajstić information content (AvgIpc) is 2.71. The molecule has 1 aromatic heterocycles. The summed E-state index contributed by atoms with van der Waals surface area (Å²) in [6.45, 7) is 1.73. The van der Waals surface area contributed by atoms with Gasteiger partial charge in [-0.25, -0.2) is 14.3 Å². The SMILES string of the molecule is CONC(=O)c1ccc(C)c(NC(=O)c2ccc(=O)n(-c3c(F)cccc3F)c2)c1. The van der Waals surface area contributed by atoms with E-state index in [0.717, 1.165) is 29.0 Å². The normalized spacial score (nSPS) is 10.5. The van der Waals surface area contributed by atoms with E-state index in [0.29, 0.717) is 11.3 Å². The highest BCUT2D eigenvalue weighted by Crippen LogP contribution is 2.19. The lowest BCUT2D eigenvalue weighted by atomic mass is 10.1. The lowest BCUT2D eigenvalue weighted by Gasteiger charge is -2.12. The number of pyridine rings is 1. The molecule has 0 unspecified atom stereocenters. The van der Waals surface area contributed by atoms with Crippen LogP contribution in [0, 0.1) is 18.6 Å². The average molecular weight is 413 g/mol. The van der Waals surface area contributed by atoms with Gasteiger partial charge in [0, 0.05) is 23.5 Å². The minimum Gasteiger partial charge on any atom is -0.322 e. The second-order valence-electron chi connectivity index (χ2n) is 6.32. The highest BCUT2D eigenvalue weighted by Gasteiger charge is 2.16. The Kier molecular flexibility index (Phi) is 6.03. The van der Waals surface area contributed by atoms with Gasteiger partial charge in [-0.15, -0.1) is 0 Å². The fraction of sp³-hybridized carbons (Fsp3) is 0.0952. The first-order chi connectivity index (χ1) is 14.3. The number of carbonyl (C=O) groups excluding carboxylic acids is 2. The third-order valence-electron chi connectivity index (χ3n) is 4.29. The number of halogens is 2. The first kappa shape index (κ1) is 20.9. The molecule has 1 heterocycles. The first-order valence-corrected chi connectivity index (χ1v) is 8.74. The van der Waals surface area contributed by atoms with Gasteiger partial charge in [0.05, 0.1) is 12.7 Å². The number of amides is 2. The lowest BCUT2D eigenvalue weighted by molar-refractivity contribution is 0.0537. The molecule has 0 saturated heterocycles. The largest absolute Gasteiger partial charge is 0.322 e. The Bertz CT molecular complexity index is 1170. The van der Waals surface area contributed by atoms with Crippen LogP contribution < -0.4 is 16.4 Å². The molecule has 2 aromatic carbocycles. The summed E-state index contributed by atoms with van der Waals surface area (Å²) in [6.07, 6.45) is 1.05. The van der Waals surface area contributed by atoms with Crippen LogP contribution in [0.3, 0.4) is 0 Å². The van der Waals surface area contributed by atoms with Gasteiger partial charge in [-0.2, -0.15) is 0 Å². The van der Waals surface area contributed by atoms with Crippen molar-refractivity contribution in [3.05, 3.63) is 93.4 Å². The number of aryl methyl sites for hydroxylation is 1. The summed E-state index contributed by atoms with van der Waals surface area (Å²) in [4.78, 5) is 41.3. The Morgan fingerprint density at radius 1 is 0.967 bits per heavy atom. The Labute approximate surface area is 169 Å². The molecule has 0 spiro atoms. The van der Waals surface area contributed by atoms with Gasteiger partial charge in [0.15, 0.2) is 0 Å². The smallest absolute Gasteiger partial charge is 0.274 e. The fourth-order valence-corrected chi connectivity index (χ4v) is 2.76. The second kappa shape index (κ2) is 8.66. The van der Waals surface area contributed by atoms with Crippen molar-refractivity contribution in [2.45, 2.75) is 6.92 Å². The second-order valence-corrected chi connectivity index (χ2v) is 6.32. The van der Waals surface area contributed by atoms with E-state index in [4.69, 9.17) is 0 Å². The van der Waals surface area contributed by atoms with E-state index < -0.39 is 34.7 Å². The summed E-state index contributed by atoms with van der Waals surface area (Å²) >= 11 is 0. The minimum atomic E-state index is -0.942. The number of aromatic nitrogens is 1. The van der Waals surface area contributed by atoms with Crippen molar-refractivity contribution in [1.82, 2.24) is 10.0 Å². The molecule has 9 heteroatoms. The lowest BCUT2D eigenvalue weighted by Crippen LogP contribution is -2.23. The third kappa shape index (κ3) is 4.26. The van der Waals surface area contributed by atoms with Crippen LogP contribution >= 0.6 is 0 Å². The Hall–Kier alpha value is -3.85. The number of anilines is 1. The van der Waals surface area contributed by atoms with E-state index >= 15 is 0 Å². The molecule has 0 aliphatic rings. The molecule has 0 atom stereocenters. The number of nitrogens with one attached hydrogen (secondary N) is 2. The molecule has 3 aromatic rings. The first-order valence-electron chi connectivity index (χ1n) is 8.74. The molecule has 7 nitrogen and oxygen atoms in total. The van der Waals surface area contributed by atoms with Gasteiger partial charge in [-0.05, 0) is 42.8 Å². The van der Waals surface area contributed by atoms with Crippen LogP contribution in [0.15, 0.2) is 59.5 Å². The quantitative estimate of drug-likeness (QED) is 0.630. The molecular formula is C21H17F2N3O4. The molecular weight excluding hydrogens is 396 g/mol. The summed E-state index contributed by atoms with van der Waals surface area (Å²) in [5, 5.41) is 2.63. The molecule has 0 aliphatic carbocycles. The van der Waals surface area contributed by atoms with Crippen LogP contribution in [0.1, 0.15) is 26.3 Å². The van der Waals surface area contributed by atoms with Crippen molar-refractivity contribution in [1.29, 1.82) is 0 Å². The van der Waals surface area contributed by atoms with Crippen LogP contribution in [0.5, 0.6) is 0 Å². The molecule has 3 rings (SSSR count). The van der Waals surface area contributed by atoms with E-state index in [-0.39, 0.29) is 11.1 Å². The number of para-hydroxylation sites is 1. The maximum Gasteiger partial charge on any atom is 0.274 e. The molecule has 0 aliphatic heterocycles. The van der Waals surface area contributed by atoms with Crippen LogP contribution in [0.2, 0.25) is 0 Å². The predicted molar refractivity (Wildman–Crippen MR) is 106 cm³/mol. The number of carbonyl (C=O) groups is 2. The minimum absolute atomic E-state index is 0.0107. The van der Waals surface area contributed by atoms with Crippen LogP contribution in [-0.4, -0.2) is 23.5 Å². The van der Waals surface area contributed by atoms with Gasteiger partial charge >= 0.3 is 0 Å². The van der Waals surface area contributed by atoms with Gasteiger partial charge in [0.2, 0.25) is 0 Å². The topological polar surface area (TPSA) is 89.4 Å². The van der Waals surface area contributed by atoms with E-state index in [1.807, 2.05) is 0 Å². The van der Waals surface area contributed by atoms with Crippen molar-refractivity contribution in [2.24, 2.45) is 0 Å². The Balaban J connectivity index is 1.95. The summed E-state index contributed by atoms with van der Waals surface area (Å²) in [7, 11) is 1.29. The van der Waals surface area contributed by atoms with E-state index in [1.165, 1.54) is 25.3 Å². The number of hydrogen-bond donors (Lipinski definition) is 2. The summed E-state index contributed by atoms with van der Waals surface area (Å²) in [6, 6.07) is 10.1. The standard InChI is InChI=1S/C21H17F2N3O4/c1-12-6-7-13(21(29)25-30-2)10-17(12)24-20(28)14-8-9-18(27)26(11-14)19-15(22)4-3-5-16(19)23/h3-11H,1-2H3,(H,24,28)(H,25,29). The maximum absolute atomic E-state index is 14.1. The van der Waals surface area contributed by atoms with Gasteiger partial charge in [-0.1, -0.05) is 12.1 Å². The molecule has 2 amide bonds. The van der Waals surface area contributed by atoms with Crippen molar-refractivity contribution < 1.29 is 23.2 Å². The van der Waals surface area contributed by atoms with Gasteiger partial charge < -0.3 is 5.32 Å². The fourth-order valence-electron chi connectivity index (χ4n) is 2.76. The van der Waals surface area contributed by atoms with Gasteiger partial charge in [-0.3, -0.25) is 23.8 Å².